The maximum absolute atomic E-state index is 5.94. The number of benzene rings is 2. The summed E-state index contributed by atoms with van der Waals surface area (Å²) >= 11 is 2.25. The molecule has 0 spiro atoms. The van der Waals surface area contributed by atoms with Gasteiger partial charge >= 0.3 is 0 Å². The average molecular weight is 449 g/mol. The van der Waals surface area contributed by atoms with Crippen LogP contribution in [0.1, 0.15) is 5.69 Å². The molecular formula is C18H16IN3O3. The van der Waals surface area contributed by atoms with E-state index in [4.69, 9.17) is 14.2 Å². The average Bonchev–Trinajstić information content (AvgIpc) is 3.08. The van der Waals surface area contributed by atoms with Gasteiger partial charge in [-0.1, -0.05) is 29.5 Å². The van der Waals surface area contributed by atoms with Crippen molar-refractivity contribution < 1.29 is 14.2 Å². The fourth-order valence-electron chi connectivity index (χ4n) is 2.57. The van der Waals surface area contributed by atoms with Crippen LogP contribution in [0.5, 0.6) is 17.2 Å². The molecule has 2 heterocycles. The lowest BCUT2D eigenvalue weighted by Gasteiger charge is -2.26. The minimum Gasteiger partial charge on any atom is -0.486 e. The van der Waals surface area contributed by atoms with E-state index in [1.165, 1.54) is 0 Å². The molecule has 6 nitrogen and oxygen atoms in total. The van der Waals surface area contributed by atoms with Crippen LogP contribution in [0, 0.1) is 3.57 Å². The van der Waals surface area contributed by atoms with E-state index >= 15 is 0 Å². The Kier molecular flexibility index (Phi) is 4.73. The van der Waals surface area contributed by atoms with Gasteiger partial charge in [0, 0.05) is 0 Å². The summed E-state index contributed by atoms with van der Waals surface area (Å²) in [5.74, 6) is 2.39. The number of ether oxygens (including phenoxy) is 3. The summed E-state index contributed by atoms with van der Waals surface area (Å²) in [6, 6.07) is 15.6. The first-order chi connectivity index (χ1) is 12.3. The molecule has 1 aliphatic heterocycles. The van der Waals surface area contributed by atoms with Crippen molar-refractivity contribution in [2.45, 2.75) is 19.3 Å². The van der Waals surface area contributed by atoms with E-state index in [0.717, 1.165) is 26.5 Å². The highest BCUT2D eigenvalue weighted by molar-refractivity contribution is 14.1. The normalized spacial score (nSPS) is 15.8. The lowest BCUT2D eigenvalue weighted by atomic mass is 10.2. The Hall–Kier alpha value is -2.29. The van der Waals surface area contributed by atoms with E-state index in [9.17, 15) is 0 Å². The molecule has 1 aromatic heterocycles. The topological polar surface area (TPSA) is 58.4 Å². The first-order valence-corrected chi connectivity index (χ1v) is 9.00. The van der Waals surface area contributed by atoms with Gasteiger partial charge in [0.2, 0.25) is 0 Å². The molecule has 1 aliphatic rings. The quantitative estimate of drug-likeness (QED) is 0.560. The molecule has 2 aromatic carbocycles. The van der Waals surface area contributed by atoms with Crippen LogP contribution in [0.4, 0.5) is 0 Å². The first-order valence-electron chi connectivity index (χ1n) is 7.93. The summed E-state index contributed by atoms with van der Waals surface area (Å²) in [6.07, 6.45) is 1.78. The summed E-state index contributed by atoms with van der Waals surface area (Å²) in [7, 11) is 0. The van der Waals surface area contributed by atoms with Gasteiger partial charge in [-0.2, -0.15) is 0 Å². The molecule has 7 heteroatoms. The predicted octanol–water partition coefficient (Wildman–Crippen LogP) is 3.30. The number of hydrogen-bond acceptors (Lipinski definition) is 5. The zero-order chi connectivity index (χ0) is 17.1. The zero-order valence-corrected chi connectivity index (χ0v) is 15.5. The number of halogens is 1. The van der Waals surface area contributed by atoms with Gasteiger partial charge in [-0.15, -0.1) is 5.10 Å². The Morgan fingerprint density at radius 3 is 2.80 bits per heavy atom. The maximum Gasteiger partial charge on any atom is 0.161 e. The van der Waals surface area contributed by atoms with Crippen LogP contribution >= 0.6 is 22.6 Å². The summed E-state index contributed by atoms with van der Waals surface area (Å²) in [4.78, 5) is 0. The summed E-state index contributed by atoms with van der Waals surface area (Å²) in [5, 5.41) is 8.31. The zero-order valence-electron chi connectivity index (χ0n) is 13.3. The van der Waals surface area contributed by atoms with Crippen LogP contribution in [0.15, 0.2) is 54.7 Å². The van der Waals surface area contributed by atoms with Gasteiger partial charge in [0.15, 0.2) is 17.6 Å². The molecule has 0 bridgehead atoms. The van der Waals surface area contributed by atoms with Crippen molar-refractivity contribution in [3.8, 4) is 17.2 Å². The Morgan fingerprint density at radius 2 is 1.92 bits per heavy atom. The molecular weight excluding hydrogens is 433 g/mol. The van der Waals surface area contributed by atoms with Crippen molar-refractivity contribution >= 4 is 22.6 Å². The predicted molar refractivity (Wildman–Crippen MR) is 99.9 cm³/mol. The SMILES string of the molecule is Ic1ccccc1OCc1cn(CC2COc3ccccc3O2)nn1. The van der Waals surface area contributed by atoms with Crippen LogP contribution < -0.4 is 14.2 Å². The number of fused-ring (bicyclic) bond motifs is 1. The van der Waals surface area contributed by atoms with E-state index in [0.29, 0.717) is 19.8 Å². The highest BCUT2D eigenvalue weighted by Gasteiger charge is 2.21. The third-order valence-electron chi connectivity index (χ3n) is 3.76. The number of aromatic nitrogens is 3. The molecule has 0 fully saturated rings. The van der Waals surface area contributed by atoms with Crippen molar-refractivity contribution in [1.29, 1.82) is 0 Å². The second kappa shape index (κ2) is 7.30. The lowest BCUT2D eigenvalue weighted by Crippen LogP contribution is -2.33. The standard InChI is InChI=1S/C18H16IN3O3/c19-15-5-1-2-6-16(15)23-11-13-9-22(21-20-13)10-14-12-24-17-7-3-4-8-18(17)25-14/h1-9,14H,10-12H2. The van der Waals surface area contributed by atoms with Crippen molar-refractivity contribution in [1.82, 2.24) is 15.0 Å². The van der Waals surface area contributed by atoms with Gasteiger partial charge in [0.1, 0.15) is 24.7 Å². The fourth-order valence-corrected chi connectivity index (χ4v) is 3.11. The Balaban J connectivity index is 1.35. The Labute approximate surface area is 158 Å². The molecule has 4 rings (SSSR count). The minimum absolute atomic E-state index is 0.0968. The third-order valence-corrected chi connectivity index (χ3v) is 4.65. The molecule has 0 N–H and O–H groups in total. The molecule has 1 atom stereocenters. The molecule has 0 saturated carbocycles. The molecule has 128 valence electrons. The largest absolute Gasteiger partial charge is 0.486 e. The highest BCUT2D eigenvalue weighted by Crippen LogP contribution is 2.31. The van der Waals surface area contributed by atoms with Gasteiger partial charge in [-0.3, -0.25) is 0 Å². The molecule has 0 saturated heterocycles. The van der Waals surface area contributed by atoms with Gasteiger partial charge in [-0.05, 0) is 46.9 Å². The number of nitrogens with zero attached hydrogens (tertiary/aromatic N) is 3. The van der Waals surface area contributed by atoms with E-state index in [-0.39, 0.29) is 6.10 Å². The molecule has 25 heavy (non-hydrogen) atoms. The van der Waals surface area contributed by atoms with Crippen molar-refractivity contribution in [3.05, 3.63) is 64.0 Å². The van der Waals surface area contributed by atoms with Crippen LogP contribution in [0.25, 0.3) is 0 Å². The fraction of sp³-hybridized carbons (Fsp3) is 0.222. The third kappa shape index (κ3) is 3.87. The summed E-state index contributed by atoms with van der Waals surface area (Å²) in [6.45, 7) is 1.44. The molecule has 0 aliphatic carbocycles. The van der Waals surface area contributed by atoms with Crippen LogP contribution in [-0.2, 0) is 13.2 Å². The Morgan fingerprint density at radius 1 is 1.12 bits per heavy atom. The van der Waals surface area contributed by atoms with Crippen molar-refractivity contribution in [2.75, 3.05) is 6.61 Å². The molecule has 3 aromatic rings. The summed E-state index contributed by atoms with van der Waals surface area (Å²) in [5.41, 5.74) is 0.775. The monoisotopic (exact) mass is 449 g/mol. The van der Waals surface area contributed by atoms with E-state index in [1.807, 2.05) is 54.7 Å². The second-order valence-corrected chi connectivity index (χ2v) is 6.81. The van der Waals surface area contributed by atoms with E-state index in [1.54, 1.807) is 4.68 Å². The molecule has 0 amide bonds. The first kappa shape index (κ1) is 16.2. The number of hydrogen-bond donors (Lipinski definition) is 0. The minimum atomic E-state index is -0.0968. The van der Waals surface area contributed by atoms with Crippen LogP contribution in [0.2, 0.25) is 0 Å². The van der Waals surface area contributed by atoms with Crippen molar-refractivity contribution in [2.24, 2.45) is 0 Å². The molecule has 1 unspecified atom stereocenters. The van der Waals surface area contributed by atoms with Crippen LogP contribution in [-0.4, -0.2) is 27.7 Å². The highest BCUT2D eigenvalue weighted by atomic mass is 127. The number of para-hydroxylation sites is 3. The van der Waals surface area contributed by atoms with E-state index in [2.05, 4.69) is 32.9 Å². The molecule has 0 radical (unpaired) electrons. The maximum atomic E-state index is 5.94. The lowest BCUT2D eigenvalue weighted by molar-refractivity contribution is 0.0754. The summed E-state index contributed by atoms with van der Waals surface area (Å²) < 4.78 is 20.3. The smallest absolute Gasteiger partial charge is 0.161 e. The van der Waals surface area contributed by atoms with Gasteiger partial charge < -0.3 is 14.2 Å². The second-order valence-electron chi connectivity index (χ2n) is 5.65. The number of rotatable bonds is 5. The van der Waals surface area contributed by atoms with Crippen molar-refractivity contribution in [3.63, 3.8) is 0 Å². The van der Waals surface area contributed by atoms with Gasteiger partial charge in [-0.25, -0.2) is 4.68 Å². The van der Waals surface area contributed by atoms with Crippen LogP contribution in [0.3, 0.4) is 0 Å². The Bertz CT molecular complexity index is 868. The van der Waals surface area contributed by atoms with Gasteiger partial charge in [0.05, 0.1) is 16.3 Å². The van der Waals surface area contributed by atoms with E-state index < -0.39 is 0 Å². The van der Waals surface area contributed by atoms with Gasteiger partial charge in [0.25, 0.3) is 0 Å².